The summed E-state index contributed by atoms with van der Waals surface area (Å²) in [4.78, 5) is 3.26. The number of halogens is 3. The van der Waals surface area contributed by atoms with Gasteiger partial charge in [0.2, 0.25) is 5.84 Å². The van der Waals surface area contributed by atoms with Crippen molar-refractivity contribution in [3.05, 3.63) is 35.9 Å². The van der Waals surface area contributed by atoms with Crippen LogP contribution in [0.5, 0.6) is 0 Å². The molecule has 0 aliphatic carbocycles. The van der Waals surface area contributed by atoms with E-state index < -0.39 is 12.0 Å². The molecule has 0 heterocycles. The zero-order valence-corrected chi connectivity index (χ0v) is 7.96. The van der Waals surface area contributed by atoms with Crippen molar-refractivity contribution in [1.82, 2.24) is 0 Å². The lowest BCUT2D eigenvalue weighted by atomic mass is 10.2. The molecule has 1 aromatic carbocycles. The van der Waals surface area contributed by atoms with Gasteiger partial charge in [0.15, 0.2) is 0 Å². The molecule has 5 heteroatoms. The van der Waals surface area contributed by atoms with E-state index in [1.807, 2.05) is 30.3 Å². The second kappa shape index (κ2) is 4.82. The number of nitrogens with two attached hydrogens (primary N) is 1. The van der Waals surface area contributed by atoms with Crippen LogP contribution >= 0.6 is 0 Å². The van der Waals surface area contributed by atoms with Crippen LogP contribution in [0.1, 0.15) is 5.56 Å². The molecule has 0 aromatic heterocycles. The van der Waals surface area contributed by atoms with Crippen molar-refractivity contribution < 1.29 is 13.2 Å². The molecule has 0 bridgehead atoms. The first kappa shape index (κ1) is 11.6. The van der Waals surface area contributed by atoms with Crippen LogP contribution in [0, 0.1) is 0 Å². The number of nitrogens with zero attached hydrogens (tertiary/aromatic N) is 1. The maximum absolute atomic E-state index is 11.9. The molecule has 0 saturated heterocycles. The van der Waals surface area contributed by atoms with Crippen molar-refractivity contribution in [3.63, 3.8) is 0 Å². The minimum absolute atomic E-state index is 0.0509. The van der Waals surface area contributed by atoms with Gasteiger partial charge in [0.05, 0.1) is 0 Å². The van der Waals surface area contributed by atoms with Crippen molar-refractivity contribution in [3.8, 4) is 0 Å². The predicted octanol–water partition coefficient (Wildman–Crippen LogP) is 2.15. The molecule has 0 radical (unpaired) electrons. The summed E-state index contributed by atoms with van der Waals surface area (Å²) in [6, 6.07) is 9.16. The molecule has 0 spiro atoms. The molecule has 2 nitrogen and oxygen atoms in total. The zero-order valence-electron chi connectivity index (χ0n) is 7.96. The maximum Gasteiger partial charge on any atom is 0.448 e. The molecule has 1 rings (SSSR count). The Hall–Kier alpha value is -1.52. The first-order valence-electron chi connectivity index (χ1n) is 4.41. The summed E-state index contributed by atoms with van der Waals surface area (Å²) in [5, 5.41) is 0. The van der Waals surface area contributed by atoms with Crippen LogP contribution in [-0.2, 0) is 6.42 Å². The van der Waals surface area contributed by atoms with E-state index in [0.29, 0.717) is 6.42 Å². The summed E-state index contributed by atoms with van der Waals surface area (Å²) in [5.41, 5.74) is 5.68. The molecule has 0 amide bonds. The van der Waals surface area contributed by atoms with Crippen molar-refractivity contribution in [1.29, 1.82) is 0 Å². The summed E-state index contributed by atoms with van der Waals surface area (Å²) in [6.45, 7) is 0.0509. The van der Waals surface area contributed by atoms with Crippen molar-refractivity contribution in [2.75, 3.05) is 6.54 Å². The first-order chi connectivity index (χ1) is 7.00. The Balaban J connectivity index is 2.46. The molecule has 0 aliphatic heterocycles. The Morgan fingerprint density at radius 1 is 1.20 bits per heavy atom. The average molecular weight is 216 g/mol. The van der Waals surface area contributed by atoms with E-state index >= 15 is 0 Å². The molecule has 0 atom stereocenters. The Morgan fingerprint density at radius 2 is 1.80 bits per heavy atom. The number of rotatable bonds is 3. The van der Waals surface area contributed by atoms with Gasteiger partial charge in [-0.15, -0.1) is 0 Å². The van der Waals surface area contributed by atoms with E-state index in [1.165, 1.54) is 0 Å². The summed E-state index contributed by atoms with van der Waals surface area (Å²) in [6.07, 6.45) is -4.06. The highest BCUT2D eigenvalue weighted by molar-refractivity contribution is 5.85. The molecular formula is C10H11F3N2. The van der Waals surface area contributed by atoms with E-state index in [4.69, 9.17) is 5.73 Å². The summed E-state index contributed by atoms with van der Waals surface area (Å²) >= 11 is 0. The summed E-state index contributed by atoms with van der Waals surface area (Å²) < 4.78 is 35.8. The summed E-state index contributed by atoms with van der Waals surface area (Å²) in [7, 11) is 0. The van der Waals surface area contributed by atoms with Crippen molar-refractivity contribution in [2.45, 2.75) is 12.6 Å². The van der Waals surface area contributed by atoms with Crippen LogP contribution in [0.25, 0.3) is 0 Å². The Morgan fingerprint density at radius 3 is 2.33 bits per heavy atom. The van der Waals surface area contributed by atoms with E-state index in [0.717, 1.165) is 5.56 Å². The number of benzene rings is 1. The number of aliphatic imine (C=N–C) groups is 1. The summed E-state index contributed by atoms with van der Waals surface area (Å²) in [5.74, 6) is -1.27. The van der Waals surface area contributed by atoms with Crippen molar-refractivity contribution in [2.24, 2.45) is 10.7 Å². The second-order valence-electron chi connectivity index (χ2n) is 3.00. The van der Waals surface area contributed by atoms with Crippen LogP contribution in [0.4, 0.5) is 13.2 Å². The topological polar surface area (TPSA) is 38.4 Å². The number of alkyl halides is 3. The average Bonchev–Trinajstić information content (AvgIpc) is 2.18. The van der Waals surface area contributed by atoms with Crippen LogP contribution in [0.15, 0.2) is 35.3 Å². The molecule has 0 unspecified atom stereocenters. The quantitative estimate of drug-likeness (QED) is 0.610. The Kier molecular flexibility index (Phi) is 3.71. The van der Waals surface area contributed by atoms with Gasteiger partial charge in [-0.3, -0.25) is 4.99 Å². The van der Waals surface area contributed by atoms with Gasteiger partial charge in [-0.1, -0.05) is 30.3 Å². The monoisotopic (exact) mass is 216 g/mol. The minimum Gasteiger partial charge on any atom is -0.380 e. The van der Waals surface area contributed by atoms with E-state index in [1.54, 1.807) is 0 Å². The molecule has 1 aromatic rings. The lowest BCUT2D eigenvalue weighted by Crippen LogP contribution is -2.31. The highest BCUT2D eigenvalue weighted by atomic mass is 19.4. The normalized spacial score (nSPS) is 12.9. The third kappa shape index (κ3) is 4.01. The molecule has 0 saturated carbocycles. The number of hydrogen-bond donors (Lipinski definition) is 1. The van der Waals surface area contributed by atoms with Crippen LogP contribution in [0.2, 0.25) is 0 Å². The second-order valence-corrected chi connectivity index (χ2v) is 3.00. The molecule has 15 heavy (non-hydrogen) atoms. The largest absolute Gasteiger partial charge is 0.448 e. The smallest absolute Gasteiger partial charge is 0.380 e. The van der Waals surface area contributed by atoms with E-state index in [2.05, 4.69) is 4.99 Å². The molecule has 0 aliphatic rings. The molecular weight excluding hydrogens is 205 g/mol. The van der Waals surface area contributed by atoms with E-state index in [-0.39, 0.29) is 6.54 Å². The van der Waals surface area contributed by atoms with Gasteiger partial charge < -0.3 is 5.73 Å². The van der Waals surface area contributed by atoms with Gasteiger partial charge in [-0.05, 0) is 12.0 Å². The Bertz CT molecular complexity index is 330. The fourth-order valence-corrected chi connectivity index (χ4v) is 1.04. The third-order valence-corrected chi connectivity index (χ3v) is 1.82. The first-order valence-corrected chi connectivity index (χ1v) is 4.41. The highest BCUT2D eigenvalue weighted by Gasteiger charge is 2.33. The zero-order chi connectivity index (χ0) is 11.3. The maximum atomic E-state index is 11.9. The molecule has 82 valence electrons. The molecule has 0 fully saturated rings. The van der Waals surface area contributed by atoms with Crippen LogP contribution in [-0.4, -0.2) is 18.6 Å². The molecule has 2 N–H and O–H groups in total. The number of amidine groups is 1. The van der Waals surface area contributed by atoms with Crippen LogP contribution < -0.4 is 5.73 Å². The van der Waals surface area contributed by atoms with Gasteiger partial charge in [0.25, 0.3) is 0 Å². The van der Waals surface area contributed by atoms with Gasteiger partial charge in [0, 0.05) is 6.54 Å². The number of hydrogen-bond acceptors (Lipinski definition) is 1. The van der Waals surface area contributed by atoms with E-state index in [9.17, 15) is 13.2 Å². The minimum atomic E-state index is -4.52. The lowest BCUT2D eigenvalue weighted by molar-refractivity contribution is -0.0600. The van der Waals surface area contributed by atoms with Crippen molar-refractivity contribution >= 4 is 5.84 Å². The van der Waals surface area contributed by atoms with Gasteiger partial charge in [0.1, 0.15) is 0 Å². The lowest BCUT2D eigenvalue weighted by Gasteiger charge is -2.04. The van der Waals surface area contributed by atoms with Gasteiger partial charge >= 0.3 is 6.18 Å². The van der Waals surface area contributed by atoms with Gasteiger partial charge in [-0.25, -0.2) is 0 Å². The Labute approximate surface area is 85.6 Å². The van der Waals surface area contributed by atoms with Gasteiger partial charge in [-0.2, -0.15) is 13.2 Å². The SMILES string of the molecule is NC(=NCCc1ccccc1)C(F)(F)F. The fourth-order valence-electron chi connectivity index (χ4n) is 1.04. The fraction of sp³-hybridized carbons (Fsp3) is 0.300. The highest BCUT2D eigenvalue weighted by Crippen LogP contribution is 2.14. The standard InChI is InChI=1S/C10H11F3N2/c11-10(12,13)9(14)15-7-6-8-4-2-1-3-5-8/h1-5H,6-7H2,(H2,14,15). The predicted molar refractivity (Wildman–Crippen MR) is 52.7 cm³/mol. The third-order valence-electron chi connectivity index (χ3n) is 1.82. The van der Waals surface area contributed by atoms with Crippen LogP contribution in [0.3, 0.4) is 0 Å².